The van der Waals surface area contributed by atoms with Gasteiger partial charge in [0.1, 0.15) is 0 Å². The van der Waals surface area contributed by atoms with E-state index in [1.807, 2.05) is 0 Å². The van der Waals surface area contributed by atoms with Crippen LogP contribution in [0.1, 0.15) is 13.3 Å². The third-order valence-corrected chi connectivity index (χ3v) is 1.67. The van der Waals surface area contributed by atoms with Crippen LogP contribution in [0.25, 0.3) is 0 Å². The largest absolute Gasteiger partial charge is 0.375 e. The SMILES string of the molecule is CC1C=CCC=CN1C. The summed E-state index contributed by atoms with van der Waals surface area (Å²) in [5, 5.41) is 0. The van der Waals surface area contributed by atoms with E-state index in [4.69, 9.17) is 0 Å². The van der Waals surface area contributed by atoms with E-state index in [-0.39, 0.29) is 0 Å². The van der Waals surface area contributed by atoms with Crippen LogP contribution in [0.2, 0.25) is 0 Å². The second-order valence-electron chi connectivity index (χ2n) is 2.45. The molecule has 0 radical (unpaired) electrons. The smallest absolute Gasteiger partial charge is 0.0436 e. The maximum absolute atomic E-state index is 2.22. The molecule has 0 aliphatic carbocycles. The fraction of sp³-hybridized carbons (Fsp3) is 0.500. The van der Waals surface area contributed by atoms with Gasteiger partial charge in [0, 0.05) is 13.1 Å². The second-order valence-corrected chi connectivity index (χ2v) is 2.45. The van der Waals surface area contributed by atoms with Crippen molar-refractivity contribution in [2.75, 3.05) is 7.05 Å². The maximum atomic E-state index is 2.22. The number of nitrogens with zero attached hydrogens (tertiary/aromatic N) is 1. The Kier molecular flexibility index (Phi) is 1.93. The van der Waals surface area contributed by atoms with Crippen LogP contribution in [-0.2, 0) is 0 Å². The highest BCUT2D eigenvalue weighted by Crippen LogP contribution is 2.03. The minimum Gasteiger partial charge on any atom is -0.375 e. The van der Waals surface area contributed by atoms with Gasteiger partial charge in [0.25, 0.3) is 0 Å². The number of allylic oxidation sites excluding steroid dienone is 2. The van der Waals surface area contributed by atoms with Crippen molar-refractivity contribution >= 4 is 0 Å². The Morgan fingerprint density at radius 3 is 3.00 bits per heavy atom. The molecule has 0 fully saturated rings. The first-order valence-corrected chi connectivity index (χ1v) is 3.36. The van der Waals surface area contributed by atoms with Crippen LogP contribution >= 0.6 is 0 Å². The molecule has 1 heterocycles. The molecule has 0 saturated heterocycles. The molecule has 0 aromatic carbocycles. The summed E-state index contributed by atoms with van der Waals surface area (Å²) >= 11 is 0. The van der Waals surface area contributed by atoms with Crippen LogP contribution in [0.4, 0.5) is 0 Å². The molecular weight excluding hydrogens is 110 g/mol. The third kappa shape index (κ3) is 1.60. The topological polar surface area (TPSA) is 3.24 Å². The second kappa shape index (κ2) is 2.72. The highest BCUT2D eigenvalue weighted by atomic mass is 15.1. The van der Waals surface area contributed by atoms with Gasteiger partial charge < -0.3 is 4.90 Å². The summed E-state index contributed by atoms with van der Waals surface area (Å²) < 4.78 is 0. The van der Waals surface area contributed by atoms with Crippen molar-refractivity contribution in [2.24, 2.45) is 0 Å². The fourth-order valence-electron chi connectivity index (χ4n) is 0.853. The summed E-state index contributed by atoms with van der Waals surface area (Å²) in [7, 11) is 2.09. The fourth-order valence-corrected chi connectivity index (χ4v) is 0.853. The van der Waals surface area contributed by atoms with Crippen LogP contribution in [0.3, 0.4) is 0 Å². The van der Waals surface area contributed by atoms with Gasteiger partial charge in [0.2, 0.25) is 0 Å². The molecule has 9 heavy (non-hydrogen) atoms. The molecule has 1 heteroatoms. The van der Waals surface area contributed by atoms with E-state index in [0.29, 0.717) is 6.04 Å². The Hall–Kier alpha value is -0.720. The van der Waals surface area contributed by atoms with Gasteiger partial charge in [-0.05, 0) is 19.5 Å². The molecule has 0 aromatic rings. The lowest BCUT2D eigenvalue weighted by atomic mass is 10.3. The summed E-state index contributed by atoms with van der Waals surface area (Å²) in [6.07, 6.45) is 9.80. The molecule has 50 valence electrons. The Morgan fingerprint density at radius 1 is 1.44 bits per heavy atom. The summed E-state index contributed by atoms with van der Waals surface area (Å²) in [6.45, 7) is 2.19. The van der Waals surface area contributed by atoms with Crippen molar-refractivity contribution in [3.63, 3.8) is 0 Å². The van der Waals surface area contributed by atoms with Crippen molar-refractivity contribution < 1.29 is 0 Å². The molecule has 1 aliphatic heterocycles. The molecule has 1 nitrogen and oxygen atoms in total. The average Bonchev–Trinajstić information content (AvgIpc) is 1.99. The molecule has 0 spiro atoms. The van der Waals surface area contributed by atoms with Gasteiger partial charge in [0.05, 0.1) is 0 Å². The van der Waals surface area contributed by atoms with Gasteiger partial charge in [-0.25, -0.2) is 0 Å². The van der Waals surface area contributed by atoms with E-state index in [0.717, 1.165) is 6.42 Å². The lowest BCUT2D eigenvalue weighted by Gasteiger charge is -2.17. The van der Waals surface area contributed by atoms with E-state index in [1.54, 1.807) is 0 Å². The molecule has 1 rings (SSSR count). The van der Waals surface area contributed by atoms with Gasteiger partial charge in [-0.1, -0.05) is 18.2 Å². The molecule has 0 aromatic heterocycles. The first-order chi connectivity index (χ1) is 4.30. The van der Waals surface area contributed by atoms with E-state index < -0.39 is 0 Å². The first kappa shape index (κ1) is 6.40. The van der Waals surface area contributed by atoms with E-state index in [1.165, 1.54) is 0 Å². The van der Waals surface area contributed by atoms with Crippen LogP contribution in [0, 0.1) is 0 Å². The highest BCUT2D eigenvalue weighted by molar-refractivity contribution is 5.02. The summed E-state index contributed by atoms with van der Waals surface area (Å²) in [5.74, 6) is 0. The zero-order chi connectivity index (χ0) is 6.69. The Bertz CT molecular complexity index is 120. The van der Waals surface area contributed by atoms with E-state index >= 15 is 0 Å². The predicted octanol–water partition coefficient (Wildman–Crippen LogP) is 1.78. The van der Waals surface area contributed by atoms with Crippen molar-refractivity contribution in [3.05, 3.63) is 24.4 Å². The summed E-state index contributed by atoms with van der Waals surface area (Å²) in [5.41, 5.74) is 0. The molecule has 1 atom stereocenters. The lowest BCUT2D eigenvalue weighted by Crippen LogP contribution is -2.20. The molecule has 0 amide bonds. The first-order valence-electron chi connectivity index (χ1n) is 3.36. The third-order valence-electron chi connectivity index (χ3n) is 1.67. The lowest BCUT2D eigenvalue weighted by molar-refractivity contribution is 0.409. The van der Waals surface area contributed by atoms with Crippen molar-refractivity contribution in [2.45, 2.75) is 19.4 Å². The van der Waals surface area contributed by atoms with Crippen molar-refractivity contribution in [1.82, 2.24) is 4.90 Å². The summed E-state index contributed by atoms with van der Waals surface area (Å²) in [4.78, 5) is 2.20. The zero-order valence-corrected chi connectivity index (χ0v) is 6.04. The molecule has 0 N–H and O–H groups in total. The van der Waals surface area contributed by atoms with Gasteiger partial charge in [0.15, 0.2) is 0 Å². The maximum Gasteiger partial charge on any atom is 0.0436 e. The van der Waals surface area contributed by atoms with Gasteiger partial charge in [-0.3, -0.25) is 0 Å². The molecule has 1 unspecified atom stereocenters. The van der Waals surface area contributed by atoms with E-state index in [9.17, 15) is 0 Å². The molecule has 1 aliphatic rings. The number of likely N-dealkylation sites (N-methyl/N-ethyl adjacent to an activating group) is 1. The Labute approximate surface area is 56.7 Å². The van der Waals surface area contributed by atoms with Crippen LogP contribution in [-0.4, -0.2) is 18.0 Å². The summed E-state index contributed by atoms with van der Waals surface area (Å²) in [6, 6.07) is 0.559. The number of rotatable bonds is 0. The number of hydrogen-bond donors (Lipinski definition) is 0. The minimum absolute atomic E-state index is 0.559. The van der Waals surface area contributed by atoms with Crippen LogP contribution < -0.4 is 0 Å². The van der Waals surface area contributed by atoms with Gasteiger partial charge >= 0.3 is 0 Å². The average molecular weight is 123 g/mol. The minimum atomic E-state index is 0.559. The Morgan fingerprint density at radius 2 is 2.22 bits per heavy atom. The zero-order valence-electron chi connectivity index (χ0n) is 6.04. The molecule has 0 bridgehead atoms. The molecule has 0 saturated carbocycles. The monoisotopic (exact) mass is 123 g/mol. The predicted molar refractivity (Wildman–Crippen MR) is 40.1 cm³/mol. The standard InChI is InChI=1S/C8H13N/c1-8-6-4-3-5-7-9(8)2/h4-8H,3H2,1-2H3. The van der Waals surface area contributed by atoms with Crippen LogP contribution in [0.5, 0.6) is 0 Å². The quantitative estimate of drug-likeness (QED) is 0.444. The van der Waals surface area contributed by atoms with Gasteiger partial charge in [-0.2, -0.15) is 0 Å². The van der Waals surface area contributed by atoms with E-state index in [2.05, 4.69) is 43.3 Å². The Balaban J connectivity index is 2.61. The highest BCUT2D eigenvalue weighted by Gasteiger charge is 2.00. The van der Waals surface area contributed by atoms with Crippen molar-refractivity contribution in [3.8, 4) is 0 Å². The molecular formula is C8H13N. The van der Waals surface area contributed by atoms with Gasteiger partial charge in [-0.15, -0.1) is 0 Å². The van der Waals surface area contributed by atoms with Crippen LogP contribution in [0.15, 0.2) is 24.4 Å². The normalized spacial score (nSPS) is 26.4. The number of hydrogen-bond acceptors (Lipinski definition) is 1. The van der Waals surface area contributed by atoms with Crippen molar-refractivity contribution in [1.29, 1.82) is 0 Å².